The fourth-order valence-electron chi connectivity index (χ4n) is 5.06. The van der Waals surface area contributed by atoms with Crippen LogP contribution in [-0.4, -0.2) is 80.1 Å². The smallest absolute Gasteiger partial charge is 0.314 e. The molecule has 0 aliphatic carbocycles. The fraction of sp³-hybridized carbons (Fsp3) is 0.357. The Morgan fingerprint density at radius 2 is 1.66 bits per heavy atom. The number of benzene rings is 2. The van der Waals surface area contributed by atoms with Crippen LogP contribution >= 0.6 is 11.8 Å². The summed E-state index contributed by atoms with van der Waals surface area (Å²) in [6, 6.07) is 16.9. The quantitative estimate of drug-likeness (QED) is 0.491. The zero-order chi connectivity index (χ0) is 26.6. The van der Waals surface area contributed by atoms with Crippen molar-refractivity contribution in [3.05, 3.63) is 83.4 Å². The number of thioether (sulfide) groups is 1. The zero-order valence-corrected chi connectivity index (χ0v) is 22.3. The lowest BCUT2D eigenvalue weighted by atomic mass is 10.00. The van der Waals surface area contributed by atoms with E-state index in [2.05, 4.69) is 28.6 Å². The van der Waals surface area contributed by atoms with Crippen LogP contribution in [-0.2, 0) is 29.1 Å². The average molecular weight is 533 g/mol. The molecule has 1 saturated heterocycles. The van der Waals surface area contributed by atoms with E-state index in [1.54, 1.807) is 9.80 Å². The molecular weight excluding hydrogens is 500 g/mol. The first kappa shape index (κ1) is 25.8. The third kappa shape index (κ3) is 5.55. The molecule has 1 atom stereocenters. The van der Waals surface area contributed by atoms with Crippen molar-refractivity contribution < 1.29 is 14.4 Å². The number of primary amides is 1. The Labute approximate surface area is 226 Å². The van der Waals surface area contributed by atoms with E-state index in [1.807, 2.05) is 48.8 Å². The highest BCUT2D eigenvalue weighted by atomic mass is 32.2. The lowest BCUT2D eigenvalue weighted by Gasteiger charge is -2.40. The monoisotopic (exact) mass is 532 g/mol. The summed E-state index contributed by atoms with van der Waals surface area (Å²) in [6.45, 7) is 4.64. The molecule has 1 fully saturated rings. The molecule has 38 heavy (non-hydrogen) atoms. The number of hydrogen-bond acceptors (Lipinski definition) is 5. The maximum Gasteiger partial charge on any atom is 0.314 e. The Morgan fingerprint density at radius 1 is 0.974 bits per heavy atom. The molecular formula is C28H32N6O3S. The lowest BCUT2D eigenvalue weighted by Crippen LogP contribution is -2.59. The second-order valence-corrected chi connectivity index (χ2v) is 10.7. The number of nitrogens with zero attached hydrogens (tertiary/aromatic N) is 5. The van der Waals surface area contributed by atoms with Gasteiger partial charge in [-0.1, -0.05) is 42.5 Å². The van der Waals surface area contributed by atoms with Gasteiger partial charge in [0.05, 0.1) is 30.0 Å². The van der Waals surface area contributed by atoms with Gasteiger partial charge in [0.2, 0.25) is 11.8 Å². The molecule has 2 aromatic carbocycles. The van der Waals surface area contributed by atoms with Crippen LogP contribution in [0.1, 0.15) is 22.5 Å². The molecule has 2 aliphatic rings. The van der Waals surface area contributed by atoms with Gasteiger partial charge in [-0.15, -0.1) is 11.8 Å². The minimum atomic E-state index is -0.631. The SMILES string of the molecule is Cc1ccccc1Cn1cnc2c1CN(C(=O)CSc1ccccc1)C(C(=O)N1CCN(C(N)=O)CC1)C2. The molecule has 4 amide bonds. The normalized spacial score (nSPS) is 17.3. The average Bonchev–Trinajstić information content (AvgIpc) is 3.34. The van der Waals surface area contributed by atoms with Crippen molar-refractivity contribution in [2.45, 2.75) is 37.4 Å². The second kappa shape index (κ2) is 11.3. The van der Waals surface area contributed by atoms with Gasteiger partial charge in [0.25, 0.3) is 0 Å². The number of carbonyl (C=O) groups is 3. The number of amides is 4. The summed E-state index contributed by atoms with van der Waals surface area (Å²) >= 11 is 1.47. The number of nitrogens with two attached hydrogens (primary N) is 1. The van der Waals surface area contributed by atoms with Crippen molar-refractivity contribution in [3.63, 3.8) is 0 Å². The van der Waals surface area contributed by atoms with Crippen LogP contribution in [0.25, 0.3) is 0 Å². The summed E-state index contributed by atoms with van der Waals surface area (Å²) < 4.78 is 2.09. The molecule has 2 aliphatic heterocycles. The van der Waals surface area contributed by atoms with Gasteiger partial charge in [0.15, 0.2) is 0 Å². The Bertz CT molecular complexity index is 1320. The van der Waals surface area contributed by atoms with Crippen molar-refractivity contribution >= 4 is 29.6 Å². The number of hydrogen-bond donors (Lipinski definition) is 1. The van der Waals surface area contributed by atoms with Crippen LogP contribution in [0.4, 0.5) is 4.79 Å². The number of carbonyl (C=O) groups excluding carboxylic acids is 3. The fourth-order valence-corrected chi connectivity index (χ4v) is 5.86. The number of rotatable bonds is 6. The van der Waals surface area contributed by atoms with E-state index in [0.29, 0.717) is 45.7 Å². The number of imidazole rings is 1. The minimum Gasteiger partial charge on any atom is -0.351 e. The summed E-state index contributed by atoms with van der Waals surface area (Å²) in [5.41, 5.74) is 9.62. The Balaban J connectivity index is 1.38. The molecule has 3 aromatic rings. The highest BCUT2D eigenvalue weighted by Gasteiger charge is 2.39. The molecule has 3 heterocycles. The largest absolute Gasteiger partial charge is 0.351 e. The van der Waals surface area contributed by atoms with Crippen LogP contribution in [0.2, 0.25) is 0 Å². The first-order chi connectivity index (χ1) is 18.4. The van der Waals surface area contributed by atoms with Crippen LogP contribution < -0.4 is 5.73 Å². The molecule has 0 bridgehead atoms. The van der Waals surface area contributed by atoms with E-state index in [9.17, 15) is 14.4 Å². The van der Waals surface area contributed by atoms with Crippen LogP contribution in [0, 0.1) is 6.92 Å². The molecule has 10 heteroatoms. The second-order valence-electron chi connectivity index (χ2n) is 9.69. The highest BCUT2D eigenvalue weighted by Crippen LogP contribution is 2.27. The Hall–Kier alpha value is -3.79. The van der Waals surface area contributed by atoms with Gasteiger partial charge in [0, 0.05) is 44.0 Å². The molecule has 0 saturated carbocycles. The van der Waals surface area contributed by atoms with Crippen LogP contribution in [0.15, 0.2) is 65.8 Å². The Morgan fingerprint density at radius 3 is 2.37 bits per heavy atom. The first-order valence-electron chi connectivity index (χ1n) is 12.8. The third-order valence-corrected chi connectivity index (χ3v) is 8.33. The van der Waals surface area contributed by atoms with Crippen LogP contribution in [0.3, 0.4) is 0 Å². The molecule has 5 rings (SSSR count). The molecule has 1 aromatic heterocycles. The van der Waals surface area contributed by atoms with Crippen molar-refractivity contribution in [2.75, 3.05) is 31.9 Å². The summed E-state index contributed by atoms with van der Waals surface area (Å²) in [5.74, 6) is 0.0541. The summed E-state index contributed by atoms with van der Waals surface area (Å²) in [6.07, 6.45) is 2.18. The number of aromatic nitrogens is 2. The number of aryl methyl sites for hydroxylation is 1. The van der Waals surface area contributed by atoms with E-state index in [-0.39, 0.29) is 17.6 Å². The summed E-state index contributed by atoms with van der Waals surface area (Å²) in [5, 5.41) is 0. The predicted octanol–water partition coefficient (Wildman–Crippen LogP) is 2.51. The van der Waals surface area contributed by atoms with Gasteiger partial charge in [-0.05, 0) is 30.2 Å². The minimum absolute atomic E-state index is 0.0812. The summed E-state index contributed by atoms with van der Waals surface area (Å²) in [7, 11) is 0. The number of piperazine rings is 1. The lowest BCUT2D eigenvalue weighted by molar-refractivity contribution is -0.146. The summed E-state index contributed by atoms with van der Waals surface area (Å²) in [4.78, 5) is 49.5. The number of fused-ring (bicyclic) bond motifs is 1. The molecule has 1 unspecified atom stereocenters. The standard InChI is InChI=1S/C28H32N6O3S/c1-20-7-5-6-8-21(20)16-33-19-30-23-15-24(27(36)31-11-13-32(14-12-31)28(29)37)34(17-25(23)33)26(35)18-38-22-9-3-2-4-10-22/h2-10,19,24H,11-18H2,1H3,(H2,29,37). The highest BCUT2D eigenvalue weighted by molar-refractivity contribution is 8.00. The molecule has 198 valence electrons. The van der Waals surface area contributed by atoms with E-state index >= 15 is 0 Å². The zero-order valence-electron chi connectivity index (χ0n) is 21.5. The number of urea groups is 1. The van der Waals surface area contributed by atoms with Crippen molar-refractivity contribution in [3.8, 4) is 0 Å². The van der Waals surface area contributed by atoms with Crippen molar-refractivity contribution in [1.82, 2.24) is 24.3 Å². The van der Waals surface area contributed by atoms with Crippen molar-refractivity contribution in [2.24, 2.45) is 5.73 Å². The van der Waals surface area contributed by atoms with E-state index < -0.39 is 12.1 Å². The van der Waals surface area contributed by atoms with E-state index in [0.717, 1.165) is 16.3 Å². The predicted molar refractivity (Wildman–Crippen MR) is 145 cm³/mol. The Kier molecular flexibility index (Phi) is 7.69. The molecule has 9 nitrogen and oxygen atoms in total. The van der Waals surface area contributed by atoms with Gasteiger partial charge in [-0.25, -0.2) is 9.78 Å². The molecule has 0 spiro atoms. The molecule has 0 radical (unpaired) electrons. The van der Waals surface area contributed by atoms with E-state index in [1.165, 1.54) is 27.8 Å². The van der Waals surface area contributed by atoms with Gasteiger partial charge < -0.3 is 25.0 Å². The van der Waals surface area contributed by atoms with Gasteiger partial charge in [-0.3, -0.25) is 9.59 Å². The van der Waals surface area contributed by atoms with E-state index in [4.69, 9.17) is 5.73 Å². The molecule has 2 N–H and O–H groups in total. The van der Waals surface area contributed by atoms with Gasteiger partial charge in [0.1, 0.15) is 6.04 Å². The van der Waals surface area contributed by atoms with Crippen molar-refractivity contribution in [1.29, 1.82) is 0 Å². The maximum absolute atomic E-state index is 13.7. The third-order valence-electron chi connectivity index (χ3n) is 7.33. The van der Waals surface area contributed by atoms with Gasteiger partial charge in [-0.2, -0.15) is 0 Å². The maximum atomic E-state index is 13.7. The topological polar surface area (TPSA) is 105 Å². The van der Waals surface area contributed by atoms with Crippen LogP contribution in [0.5, 0.6) is 0 Å². The van der Waals surface area contributed by atoms with Gasteiger partial charge >= 0.3 is 6.03 Å². The first-order valence-corrected chi connectivity index (χ1v) is 13.8.